The maximum Gasteiger partial charge on any atom is 0.471 e. The van der Waals surface area contributed by atoms with Gasteiger partial charge in [0.1, 0.15) is 5.75 Å². The van der Waals surface area contributed by atoms with Crippen molar-refractivity contribution in [1.29, 1.82) is 0 Å². The molecule has 1 aromatic rings. The number of carboxylic acid groups (broad SMARTS) is 1. The molecule has 2 rings (SSSR count). The van der Waals surface area contributed by atoms with Crippen molar-refractivity contribution in [2.45, 2.75) is 18.6 Å². The van der Waals surface area contributed by atoms with E-state index in [1.165, 1.54) is 18.2 Å². The van der Waals surface area contributed by atoms with Crippen LogP contribution in [-0.4, -0.2) is 29.8 Å². The fourth-order valence-corrected chi connectivity index (χ4v) is 1.92. The quantitative estimate of drug-likeness (QED) is 0.871. The summed E-state index contributed by atoms with van der Waals surface area (Å²) >= 11 is 0. The highest BCUT2D eigenvalue weighted by atomic mass is 19.4. The number of aromatic carboxylic acids is 1. The average Bonchev–Trinajstić information content (AvgIpc) is 2.37. The van der Waals surface area contributed by atoms with E-state index in [9.17, 15) is 22.8 Å². The van der Waals surface area contributed by atoms with Gasteiger partial charge in [-0.25, -0.2) is 4.79 Å². The predicted octanol–water partition coefficient (Wildman–Crippen LogP) is 1.89. The van der Waals surface area contributed by atoms with E-state index < -0.39 is 24.1 Å². The molecule has 0 radical (unpaired) electrons. The Kier molecular flexibility index (Phi) is 3.56. The summed E-state index contributed by atoms with van der Waals surface area (Å²) < 4.78 is 42.0. The Hall–Kier alpha value is -2.25. The topological polar surface area (TPSA) is 75.6 Å². The lowest BCUT2D eigenvalue weighted by atomic mass is 9.98. The van der Waals surface area contributed by atoms with Crippen molar-refractivity contribution in [3.63, 3.8) is 0 Å². The highest BCUT2D eigenvalue weighted by Gasteiger charge is 2.40. The number of carbonyl (C=O) groups is 2. The molecule has 2 N–H and O–H groups in total. The van der Waals surface area contributed by atoms with Gasteiger partial charge in [-0.15, -0.1) is 0 Å². The second-order valence-electron chi connectivity index (χ2n) is 4.22. The third kappa shape index (κ3) is 2.84. The SMILES string of the molecule is O=C(O)c1ccc2c(c1)C(NC(=O)C(F)(F)F)CCO2. The van der Waals surface area contributed by atoms with Crippen LogP contribution in [0.15, 0.2) is 18.2 Å². The van der Waals surface area contributed by atoms with E-state index >= 15 is 0 Å². The summed E-state index contributed by atoms with van der Waals surface area (Å²) in [6, 6.07) is 2.94. The minimum Gasteiger partial charge on any atom is -0.493 e. The number of hydrogen-bond acceptors (Lipinski definition) is 3. The van der Waals surface area contributed by atoms with Gasteiger partial charge < -0.3 is 15.2 Å². The zero-order chi connectivity index (χ0) is 14.9. The zero-order valence-corrected chi connectivity index (χ0v) is 10.0. The normalized spacial score (nSPS) is 17.9. The molecule has 0 saturated carbocycles. The van der Waals surface area contributed by atoms with Crippen LogP contribution in [0.25, 0.3) is 0 Å². The van der Waals surface area contributed by atoms with Crippen molar-refractivity contribution in [1.82, 2.24) is 5.32 Å². The first-order chi connectivity index (χ1) is 9.29. The van der Waals surface area contributed by atoms with Crippen LogP contribution in [0, 0.1) is 0 Å². The molecule has 1 atom stereocenters. The van der Waals surface area contributed by atoms with Gasteiger partial charge in [-0.2, -0.15) is 13.2 Å². The molecule has 1 amide bonds. The van der Waals surface area contributed by atoms with E-state index in [2.05, 4.69) is 0 Å². The summed E-state index contributed by atoms with van der Waals surface area (Å²) in [5, 5.41) is 10.7. The molecular weight excluding hydrogens is 279 g/mol. The van der Waals surface area contributed by atoms with Crippen molar-refractivity contribution in [3.05, 3.63) is 29.3 Å². The molecule has 1 heterocycles. The van der Waals surface area contributed by atoms with Gasteiger partial charge in [0.25, 0.3) is 0 Å². The number of benzene rings is 1. The number of rotatable bonds is 2. The van der Waals surface area contributed by atoms with Gasteiger partial charge in [-0.3, -0.25) is 4.79 Å². The van der Waals surface area contributed by atoms with E-state index in [1.54, 1.807) is 0 Å². The summed E-state index contributed by atoms with van der Waals surface area (Å²) in [6.45, 7) is 0.141. The maximum absolute atomic E-state index is 12.3. The van der Waals surface area contributed by atoms with Crippen LogP contribution in [0.1, 0.15) is 28.4 Å². The minimum absolute atomic E-state index is 0.0829. The number of amides is 1. The highest BCUT2D eigenvalue weighted by Crippen LogP contribution is 2.33. The van der Waals surface area contributed by atoms with Gasteiger partial charge in [0.05, 0.1) is 18.2 Å². The van der Waals surface area contributed by atoms with E-state index in [0.29, 0.717) is 0 Å². The van der Waals surface area contributed by atoms with E-state index in [-0.39, 0.29) is 29.9 Å². The Balaban J connectivity index is 2.29. The van der Waals surface area contributed by atoms with Crippen molar-refractivity contribution in [2.24, 2.45) is 0 Å². The van der Waals surface area contributed by atoms with Crippen LogP contribution in [0.2, 0.25) is 0 Å². The second kappa shape index (κ2) is 5.03. The number of fused-ring (bicyclic) bond motifs is 1. The summed E-state index contributed by atoms with van der Waals surface area (Å²) in [5.41, 5.74) is 0.147. The number of hydrogen-bond donors (Lipinski definition) is 2. The molecule has 1 aliphatic heterocycles. The first-order valence-corrected chi connectivity index (χ1v) is 5.67. The van der Waals surface area contributed by atoms with Gasteiger partial charge in [0.15, 0.2) is 0 Å². The van der Waals surface area contributed by atoms with Crippen molar-refractivity contribution in [3.8, 4) is 5.75 Å². The molecule has 8 heteroatoms. The Morgan fingerprint density at radius 3 is 2.65 bits per heavy atom. The fraction of sp³-hybridized carbons (Fsp3) is 0.333. The van der Waals surface area contributed by atoms with Gasteiger partial charge in [0, 0.05) is 12.0 Å². The molecule has 0 aromatic heterocycles. The molecule has 0 bridgehead atoms. The molecule has 0 saturated heterocycles. The highest BCUT2D eigenvalue weighted by molar-refractivity contribution is 5.88. The van der Waals surface area contributed by atoms with E-state index in [4.69, 9.17) is 9.84 Å². The first kappa shape index (κ1) is 14.2. The molecule has 5 nitrogen and oxygen atoms in total. The summed E-state index contributed by atoms with van der Waals surface area (Å²) in [6.07, 6.45) is -4.85. The fourth-order valence-electron chi connectivity index (χ4n) is 1.92. The number of carboxylic acids is 1. The molecule has 0 aliphatic carbocycles. The monoisotopic (exact) mass is 289 g/mol. The lowest BCUT2D eigenvalue weighted by Crippen LogP contribution is -2.40. The van der Waals surface area contributed by atoms with Crippen molar-refractivity contribution >= 4 is 11.9 Å². The lowest BCUT2D eigenvalue weighted by Gasteiger charge is -2.27. The molecule has 0 spiro atoms. The van der Waals surface area contributed by atoms with Crippen molar-refractivity contribution < 1.29 is 32.6 Å². The van der Waals surface area contributed by atoms with Crippen LogP contribution in [0.3, 0.4) is 0 Å². The van der Waals surface area contributed by atoms with Gasteiger partial charge in [-0.05, 0) is 18.2 Å². The number of halogens is 3. The lowest BCUT2D eigenvalue weighted by molar-refractivity contribution is -0.174. The van der Waals surface area contributed by atoms with Gasteiger partial charge in [0.2, 0.25) is 0 Å². The number of carbonyl (C=O) groups excluding carboxylic acids is 1. The van der Waals surface area contributed by atoms with Crippen molar-refractivity contribution in [2.75, 3.05) is 6.61 Å². The van der Waals surface area contributed by atoms with Crippen LogP contribution in [0.4, 0.5) is 13.2 Å². The number of ether oxygens (including phenoxy) is 1. The Morgan fingerprint density at radius 2 is 2.05 bits per heavy atom. The largest absolute Gasteiger partial charge is 0.493 e. The Morgan fingerprint density at radius 1 is 1.35 bits per heavy atom. The maximum atomic E-state index is 12.3. The second-order valence-corrected chi connectivity index (χ2v) is 4.22. The minimum atomic E-state index is -4.98. The number of nitrogens with one attached hydrogen (secondary N) is 1. The summed E-state index contributed by atoms with van der Waals surface area (Å²) in [5.74, 6) is -3.00. The molecule has 20 heavy (non-hydrogen) atoms. The van der Waals surface area contributed by atoms with E-state index in [1.807, 2.05) is 5.32 Å². The van der Waals surface area contributed by atoms with E-state index in [0.717, 1.165) is 0 Å². The summed E-state index contributed by atoms with van der Waals surface area (Å²) in [4.78, 5) is 21.8. The summed E-state index contributed by atoms with van der Waals surface area (Å²) in [7, 11) is 0. The number of alkyl halides is 3. The molecule has 0 fully saturated rings. The van der Waals surface area contributed by atoms with Crippen LogP contribution >= 0.6 is 0 Å². The molecule has 1 aromatic carbocycles. The Labute approximate surface area is 111 Å². The van der Waals surface area contributed by atoms with Crippen LogP contribution in [-0.2, 0) is 4.79 Å². The zero-order valence-electron chi connectivity index (χ0n) is 10.0. The Bertz CT molecular complexity index is 556. The van der Waals surface area contributed by atoms with Crippen LogP contribution < -0.4 is 10.1 Å². The average molecular weight is 289 g/mol. The van der Waals surface area contributed by atoms with Gasteiger partial charge >= 0.3 is 18.1 Å². The first-order valence-electron chi connectivity index (χ1n) is 5.67. The standard InChI is InChI=1S/C12H10F3NO4/c13-12(14,15)11(19)16-8-3-4-20-9-2-1-6(10(17)18)5-7(8)9/h1-2,5,8H,3-4H2,(H,16,19)(H,17,18). The molecular formula is C12H10F3NO4. The smallest absolute Gasteiger partial charge is 0.471 e. The predicted molar refractivity (Wildman–Crippen MR) is 60.5 cm³/mol. The van der Waals surface area contributed by atoms with Crippen LogP contribution in [0.5, 0.6) is 5.75 Å². The molecule has 1 unspecified atom stereocenters. The third-order valence-electron chi connectivity index (χ3n) is 2.86. The van der Waals surface area contributed by atoms with Gasteiger partial charge in [-0.1, -0.05) is 0 Å². The third-order valence-corrected chi connectivity index (χ3v) is 2.86. The molecule has 1 aliphatic rings. The molecule has 108 valence electrons.